The molecule has 1 radical (unpaired) electrons. The van der Waals surface area contributed by atoms with Gasteiger partial charge < -0.3 is 4.90 Å². The second kappa shape index (κ2) is 9.13. The summed E-state index contributed by atoms with van der Waals surface area (Å²) in [5, 5.41) is 0. The molecule has 0 amide bonds. The molecule has 0 atom stereocenters. The molecule has 0 fully saturated rings. The minimum Gasteiger partial charge on any atom is -0.334 e. The highest BCUT2D eigenvalue weighted by atomic mass is 15.1. The highest BCUT2D eigenvalue weighted by Crippen LogP contribution is 2.15. The van der Waals surface area contributed by atoms with Crippen LogP contribution in [0.5, 0.6) is 0 Å². The average Bonchev–Trinajstić information content (AvgIpc) is 2.42. The van der Waals surface area contributed by atoms with E-state index in [1.54, 1.807) is 12.2 Å². The summed E-state index contributed by atoms with van der Waals surface area (Å²) in [5.74, 6) is 0. The van der Waals surface area contributed by atoms with Crippen molar-refractivity contribution >= 4 is 5.69 Å². The summed E-state index contributed by atoms with van der Waals surface area (Å²) in [5.41, 5.74) is 1.73. The van der Waals surface area contributed by atoms with Gasteiger partial charge in [0, 0.05) is 12.2 Å². The maximum absolute atomic E-state index is 3.76. The first-order chi connectivity index (χ1) is 8.33. The zero-order chi connectivity index (χ0) is 13.1. The van der Waals surface area contributed by atoms with Crippen LogP contribution in [0.3, 0.4) is 0 Å². The smallest absolute Gasteiger partial charge is 0.111 e. The second-order valence-corrected chi connectivity index (χ2v) is 2.75. The standard InChI is InChI=1S/C14H12N.C2H6/c1-4-10-13(5-2)15(6-3)14-11-8-7-9-12-14;1-2/h4-5,10H,1-2,6H2,3H3;1-2H3/b13-10+;. The molecule has 0 aliphatic rings. The Hall–Kier alpha value is -2.12. The predicted octanol–water partition coefficient (Wildman–Crippen LogP) is 3.80. The molecule has 0 saturated heterocycles. The third-order valence-corrected chi connectivity index (χ3v) is 1.88. The maximum Gasteiger partial charge on any atom is 0.111 e. The Morgan fingerprint density at radius 1 is 1.24 bits per heavy atom. The molecule has 0 aliphatic heterocycles. The lowest BCUT2D eigenvalue weighted by Crippen LogP contribution is -2.20. The van der Waals surface area contributed by atoms with Gasteiger partial charge in [-0.1, -0.05) is 33.1 Å². The SMILES string of the molecule is C=C/C=C(\C=C)N(CC)c1[c]c#cc#c1.CC. The van der Waals surface area contributed by atoms with Gasteiger partial charge in [0.15, 0.2) is 0 Å². The van der Waals surface area contributed by atoms with E-state index >= 15 is 0 Å². The summed E-state index contributed by atoms with van der Waals surface area (Å²) in [4.78, 5) is 2.00. The second-order valence-electron chi connectivity index (χ2n) is 2.75. The lowest BCUT2D eigenvalue weighted by Gasteiger charge is -2.21. The molecule has 1 heteroatoms. The Morgan fingerprint density at radius 3 is 2.35 bits per heavy atom. The first-order valence-corrected chi connectivity index (χ1v) is 5.70. The van der Waals surface area contributed by atoms with Crippen molar-refractivity contribution in [2.24, 2.45) is 0 Å². The Kier molecular flexibility index (Phi) is 7.99. The number of hydrogen-bond acceptors (Lipinski definition) is 1. The van der Waals surface area contributed by atoms with E-state index in [1.807, 2.05) is 31.7 Å². The summed E-state index contributed by atoms with van der Waals surface area (Å²) in [7, 11) is 0. The van der Waals surface area contributed by atoms with Crippen molar-refractivity contribution in [2.75, 3.05) is 11.4 Å². The van der Waals surface area contributed by atoms with E-state index in [1.165, 1.54) is 0 Å². The zero-order valence-corrected chi connectivity index (χ0v) is 10.8. The van der Waals surface area contributed by atoms with E-state index in [0.29, 0.717) is 0 Å². The molecule has 1 aromatic rings. The first kappa shape index (κ1) is 14.9. The van der Waals surface area contributed by atoms with Crippen molar-refractivity contribution in [2.45, 2.75) is 20.8 Å². The molecule has 0 aliphatic carbocycles. The Bertz CT molecular complexity index is 349. The minimum atomic E-state index is 0.782. The fraction of sp³-hybridized carbons (Fsp3) is 0.250. The molecule has 0 spiro atoms. The predicted molar refractivity (Wildman–Crippen MR) is 73.5 cm³/mol. The first-order valence-electron chi connectivity index (χ1n) is 5.70. The maximum atomic E-state index is 3.76. The van der Waals surface area contributed by atoms with Crippen LogP contribution in [0.15, 0.2) is 37.1 Å². The molecule has 0 bridgehead atoms. The quantitative estimate of drug-likeness (QED) is 0.688. The zero-order valence-electron chi connectivity index (χ0n) is 10.8. The van der Waals surface area contributed by atoms with Crippen LogP contribution in [-0.2, 0) is 0 Å². The van der Waals surface area contributed by atoms with Gasteiger partial charge >= 0.3 is 0 Å². The van der Waals surface area contributed by atoms with Crippen LogP contribution in [0, 0.1) is 30.3 Å². The van der Waals surface area contributed by atoms with Crippen molar-refractivity contribution < 1.29 is 0 Å². The normalized spacial score (nSPS) is 9.00. The van der Waals surface area contributed by atoms with Crippen LogP contribution in [-0.4, -0.2) is 6.54 Å². The number of nitrogens with zero attached hydrogens (tertiary/aromatic N) is 1. The van der Waals surface area contributed by atoms with Gasteiger partial charge in [-0.25, -0.2) is 0 Å². The highest BCUT2D eigenvalue weighted by Gasteiger charge is 2.05. The van der Waals surface area contributed by atoms with Crippen molar-refractivity contribution in [3.63, 3.8) is 0 Å². The number of likely N-dealkylation sites (N-methyl/N-ethyl adjacent to an activating group) is 1. The van der Waals surface area contributed by atoms with Gasteiger partial charge in [0.05, 0.1) is 6.07 Å². The largest absolute Gasteiger partial charge is 0.334 e. The number of rotatable bonds is 5. The van der Waals surface area contributed by atoms with Crippen molar-refractivity contribution in [1.82, 2.24) is 0 Å². The molecule has 1 aromatic carbocycles. The Labute approximate surface area is 106 Å². The molecule has 17 heavy (non-hydrogen) atoms. The van der Waals surface area contributed by atoms with Gasteiger partial charge in [-0.15, -0.1) is 0 Å². The van der Waals surface area contributed by atoms with Crippen molar-refractivity contribution in [1.29, 1.82) is 0 Å². The lowest BCUT2D eigenvalue weighted by molar-refractivity contribution is 0.979. The summed E-state index contributed by atoms with van der Waals surface area (Å²) in [6.45, 7) is 14.3. The number of anilines is 1. The van der Waals surface area contributed by atoms with Crippen LogP contribution >= 0.6 is 0 Å². The van der Waals surface area contributed by atoms with Crippen LogP contribution in [0.2, 0.25) is 0 Å². The van der Waals surface area contributed by atoms with Gasteiger partial charge in [0.2, 0.25) is 0 Å². The third-order valence-electron chi connectivity index (χ3n) is 1.88. The monoisotopic (exact) mass is 224 g/mol. The summed E-state index contributed by atoms with van der Waals surface area (Å²) < 4.78 is 0. The molecule has 0 unspecified atom stereocenters. The molecular weight excluding hydrogens is 206 g/mol. The fourth-order valence-corrected chi connectivity index (χ4v) is 1.24. The summed E-state index contributed by atoms with van der Waals surface area (Å²) >= 11 is 0. The molecule has 0 aromatic heterocycles. The van der Waals surface area contributed by atoms with Gasteiger partial charge in [0.25, 0.3) is 0 Å². The third kappa shape index (κ3) is 4.49. The van der Waals surface area contributed by atoms with Crippen molar-refractivity contribution in [3.05, 3.63) is 67.4 Å². The fourth-order valence-electron chi connectivity index (χ4n) is 1.24. The Morgan fingerprint density at radius 2 is 1.94 bits per heavy atom. The summed E-state index contributed by atoms with van der Waals surface area (Å²) in [6, 6.07) is 14.0. The average molecular weight is 224 g/mol. The molecule has 0 N–H and O–H groups in total. The molecule has 87 valence electrons. The van der Waals surface area contributed by atoms with E-state index in [2.05, 4.69) is 43.5 Å². The summed E-state index contributed by atoms with van der Waals surface area (Å²) in [6.07, 6.45) is 5.38. The molecule has 0 heterocycles. The van der Waals surface area contributed by atoms with Crippen molar-refractivity contribution in [3.8, 4) is 0 Å². The highest BCUT2D eigenvalue weighted by molar-refractivity contribution is 5.51. The number of hydrogen-bond donors (Lipinski definition) is 0. The topological polar surface area (TPSA) is 3.24 Å². The van der Waals surface area contributed by atoms with E-state index < -0.39 is 0 Å². The van der Waals surface area contributed by atoms with Crippen LogP contribution in [0.1, 0.15) is 20.8 Å². The molecule has 1 nitrogen and oxygen atoms in total. The number of allylic oxidation sites excluding steroid dienone is 3. The molecular formula is C16H18N. The van der Waals surface area contributed by atoms with Crippen LogP contribution in [0.25, 0.3) is 0 Å². The van der Waals surface area contributed by atoms with Gasteiger partial charge in [-0.05, 0) is 43.3 Å². The van der Waals surface area contributed by atoms with Crippen LogP contribution in [0.4, 0.5) is 5.69 Å². The van der Waals surface area contributed by atoms with E-state index in [9.17, 15) is 0 Å². The van der Waals surface area contributed by atoms with Gasteiger partial charge in [-0.2, -0.15) is 0 Å². The Balaban J connectivity index is 0.00000121. The van der Waals surface area contributed by atoms with E-state index in [0.717, 1.165) is 17.9 Å². The van der Waals surface area contributed by atoms with E-state index in [-0.39, 0.29) is 0 Å². The van der Waals surface area contributed by atoms with E-state index in [4.69, 9.17) is 0 Å². The van der Waals surface area contributed by atoms with Crippen LogP contribution < -0.4 is 4.90 Å². The minimum absolute atomic E-state index is 0.782. The molecule has 1 rings (SSSR count). The van der Waals surface area contributed by atoms with Gasteiger partial charge in [-0.3, -0.25) is 0 Å². The molecule has 0 saturated carbocycles. The van der Waals surface area contributed by atoms with Gasteiger partial charge in [0.1, 0.15) is 5.69 Å². The lowest BCUT2D eigenvalue weighted by atomic mass is 10.3.